The van der Waals surface area contributed by atoms with E-state index in [-0.39, 0.29) is 5.91 Å². The van der Waals surface area contributed by atoms with Gasteiger partial charge in [-0.15, -0.1) is 0 Å². The van der Waals surface area contributed by atoms with Gasteiger partial charge in [0.15, 0.2) is 0 Å². The van der Waals surface area contributed by atoms with Gasteiger partial charge in [-0.05, 0) is 25.9 Å². The fraction of sp³-hybridized carbons (Fsp3) is 0.588. The second-order valence-corrected chi connectivity index (χ2v) is 6.19. The molecule has 23 heavy (non-hydrogen) atoms. The molecule has 6 heteroatoms. The van der Waals surface area contributed by atoms with Crippen LogP contribution in [0.3, 0.4) is 0 Å². The number of carbonyl (C=O) groups excluding carboxylic acids is 1. The fourth-order valence-corrected chi connectivity index (χ4v) is 3.05. The lowest BCUT2D eigenvalue weighted by molar-refractivity contribution is -0.117. The van der Waals surface area contributed by atoms with Crippen molar-refractivity contribution in [2.24, 2.45) is 0 Å². The number of carbonyl (C=O) groups is 1. The van der Waals surface area contributed by atoms with Gasteiger partial charge in [0.05, 0.1) is 31.5 Å². The maximum absolute atomic E-state index is 12.3. The molecule has 1 heterocycles. The number of nitrogens with one attached hydrogen (secondary N) is 1. The number of likely N-dealkylation sites (tertiary alicyclic amines) is 1. The van der Waals surface area contributed by atoms with Crippen molar-refractivity contribution in [2.45, 2.75) is 32.1 Å². The Morgan fingerprint density at radius 2 is 1.70 bits per heavy atom. The van der Waals surface area contributed by atoms with Crippen molar-refractivity contribution in [1.29, 1.82) is 0 Å². The van der Waals surface area contributed by atoms with Crippen LogP contribution in [0.25, 0.3) is 0 Å². The van der Waals surface area contributed by atoms with Crippen molar-refractivity contribution in [2.75, 3.05) is 39.2 Å². The zero-order valence-corrected chi connectivity index (χ0v) is 14.6. The quantitative estimate of drug-likeness (QED) is 0.890. The first-order valence-electron chi connectivity index (χ1n) is 8.07. The number of rotatable bonds is 5. The molecular weight excluding hydrogens is 316 g/mol. The molecule has 0 unspecified atom stereocenters. The smallest absolute Gasteiger partial charge is 0.238 e. The van der Waals surface area contributed by atoms with E-state index in [0.29, 0.717) is 28.8 Å². The molecule has 1 saturated heterocycles. The summed E-state index contributed by atoms with van der Waals surface area (Å²) in [5.41, 5.74) is 0.575. The molecule has 0 atom stereocenters. The Balaban J connectivity index is 2.01. The van der Waals surface area contributed by atoms with Crippen LogP contribution in [0.1, 0.15) is 32.1 Å². The molecule has 1 aliphatic heterocycles. The summed E-state index contributed by atoms with van der Waals surface area (Å²) in [6, 6.07) is 3.33. The molecule has 1 aromatic rings. The van der Waals surface area contributed by atoms with Crippen LogP contribution >= 0.6 is 11.6 Å². The predicted octanol–water partition coefficient (Wildman–Crippen LogP) is 3.56. The second-order valence-electron chi connectivity index (χ2n) is 5.78. The van der Waals surface area contributed by atoms with E-state index in [1.807, 2.05) is 0 Å². The lowest BCUT2D eigenvalue weighted by Crippen LogP contribution is -2.35. The number of benzene rings is 1. The molecule has 128 valence electrons. The topological polar surface area (TPSA) is 50.8 Å². The average molecular weight is 341 g/mol. The van der Waals surface area contributed by atoms with Crippen LogP contribution in [0.5, 0.6) is 11.5 Å². The third kappa shape index (κ3) is 5.29. The third-order valence-corrected chi connectivity index (χ3v) is 4.36. The Labute approximate surface area is 142 Å². The van der Waals surface area contributed by atoms with Crippen molar-refractivity contribution < 1.29 is 14.3 Å². The van der Waals surface area contributed by atoms with Crippen molar-refractivity contribution in [1.82, 2.24) is 4.90 Å². The Hall–Kier alpha value is -1.46. The number of hydrogen-bond acceptors (Lipinski definition) is 4. The SMILES string of the molecule is COc1cc(NC(=O)CN2CCCCCCC2)c(OC)cc1Cl. The van der Waals surface area contributed by atoms with E-state index in [2.05, 4.69) is 10.2 Å². The van der Waals surface area contributed by atoms with Gasteiger partial charge in [0, 0.05) is 12.1 Å². The Bertz CT molecular complexity index is 529. The summed E-state index contributed by atoms with van der Waals surface area (Å²) in [5, 5.41) is 3.35. The highest BCUT2D eigenvalue weighted by molar-refractivity contribution is 6.32. The van der Waals surface area contributed by atoms with E-state index in [4.69, 9.17) is 21.1 Å². The van der Waals surface area contributed by atoms with Gasteiger partial charge in [0.2, 0.25) is 5.91 Å². The summed E-state index contributed by atoms with van der Waals surface area (Å²) >= 11 is 6.08. The molecule has 0 bridgehead atoms. The zero-order chi connectivity index (χ0) is 16.7. The minimum Gasteiger partial charge on any atom is -0.495 e. The normalized spacial score (nSPS) is 16.3. The molecule has 0 saturated carbocycles. The molecular formula is C17H25ClN2O3. The van der Waals surface area contributed by atoms with Crippen LogP contribution in [0, 0.1) is 0 Å². The van der Waals surface area contributed by atoms with Gasteiger partial charge in [-0.25, -0.2) is 0 Å². The van der Waals surface area contributed by atoms with Gasteiger partial charge in [0.25, 0.3) is 0 Å². The summed E-state index contributed by atoms with van der Waals surface area (Å²) in [4.78, 5) is 14.6. The van der Waals surface area contributed by atoms with E-state index < -0.39 is 0 Å². The number of ether oxygens (including phenoxy) is 2. The average Bonchev–Trinajstić information content (AvgIpc) is 2.51. The lowest BCUT2D eigenvalue weighted by Gasteiger charge is -2.24. The molecule has 1 amide bonds. The molecule has 1 N–H and O–H groups in total. The van der Waals surface area contributed by atoms with Gasteiger partial charge in [-0.1, -0.05) is 30.9 Å². The Morgan fingerprint density at radius 1 is 1.09 bits per heavy atom. The van der Waals surface area contributed by atoms with Gasteiger partial charge in [-0.2, -0.15) is 0 Å². The fourth-order valence-electron chi connectivity index (χ4n) is 2.82. The van der Waals surface area contributed by atoms with Crippen LogP contribution in [0.2, 0.25) is 5.02 Å². The van der Waals surface area contributed by atoms with Crippen LogP contribution in [0.4, 0.5) is 5.69 Å². The molecule has 0 aromatic heterocycles. The summed E-state index contributed by atoms with van der Waals surface area (Å²) < 4.78 is 10.5. The van der Waals surface area contributed by atoms with Crippen molar-refractivity contribution in [3.05, 3.63) is 17.2 Å². The summed E-state index contributed by atoms with van der Waals surface area (Å²) in [6.07, 6.45) is 6.12. The van der Waals surface area contributed by atoms with Crippen molar-refractivity contribution >= 4 is 23.2 Å². The molecule has 2 rings (SSSR count). The summed E-state index contributed by atoms with van der Waals surface area (Å²) in [5.74, 6) is 0.985. The number of anilines is 1. The second kappa shape index (κ2) is 8.99. The highest BCUT2D eigenvalue weighted by Crippen LogP contribution is 2.35. The number of amides is 1. The van der Waals surface area contributed by atoms with Crippen LogP contribution in [-0.4, -0.2) is 44.7 Å². The summed E-state index contributed by atoms with van der Waals surface area (Å²) in [6.45, 7) is 2.36. The number of halogens is 1. The highest BCUT2D eigenvalue weighted by atomic mass is 35.5. The van der Waals surface area contributed by atoms with Gasteiger partial charge < -0.3 is 14.8 Å². The third-order valence-electron chi connectivity index (χ3n) is 4.06. The standard InChI is InChI=1S/C17H25ClN2O3/c1-22-15-11-14(16(23-2)10-13(15)18)19-17(21)12-20-8-6-4-3-5-7-9-20/h10-11H,3-9,12H2,1-2H3,(H,19,21). The highest BCUT2D eigenvalue weighted by Gasteiger charge is 2.16. The van der Waals surface area contributed by atoms with Crippen LogP contribution in [-0.2, 0) is 4.79 Å². The zero-order valence-electron chi connectivity index (χ0n) is 13.9. The van der Waals surface area contributed by atoms with Gasteiger partial charge in [0.1, 0.15) is 11.5 Å². The number of nitrogens with zero attached hydrogens (tertiary/aromatic N) is 1. The maximum atomic E-state index is 12.3. The van der Waals surface area contributed by atoms with Gasteiger partial charge in [-0.3, -0.25) is 9.69 Å². The predicted molar refractivity (Wildman–Crippen MR) is 92.7 cm³/mol. The van der Waals surface area contributed by atoms with E-state index in [1.165, 1.54) is 19.3 Å². The van der Waals surface area contributed by atoms with Crippen molar-refractivity contribution in [3.63, 3.8) is 0 Å². The maximum Gasteiger partial charge on any atom is 0.238 e. The first-order valence-corrected chi connectivity index (χ1v) is 8.45. The largest absolute Gasteiger partial charge is 0.495 e. The first kappa shape index (κ1) is 17.9. The Kier molecular flexibility index (Phi) is 6.99. The van der Waals surface area contributed by atoms with Crippen molar-refractivity contribution in [3.8, 4) is 11.5 Å². The van der Waals surface area contributed by atoms with E-state index in [9.17, 15) is 4.79 Å². The first-order chi connectivity index (χ1) is 11.1. The molecule has 1 aromatic carbocycles. The molecule has 1 fully saturated rings. The Morgan fingerprint density at radius 3 is 2.30 bits per heavy atom. The van der Waals surface area contributed by atoms with E-state index >= 15 is 0 Å². The van der Waals surface area contributed by atoms with E-state index in [1.54, 1.807) is 26.4 Å². The van der Waals surface area contributed by atoms with Crippen LogP contribution < -0.4 is 14.8 Å². The lowest BCUT2D eigenvalue weighted by atomic mass is 10.1. The number of methoxy groups -OCH3 is 2. The van der Waals surface area contributed by atoms with Crippen LogP contribution in [0.15, 0.2) is 12.1 Å². The molecule has 0 radical (unpaired) electrons. The number of hydrogen-bond donors (Lipinski definition) is 1. The minimum atomic E-state index is -0.0479. The molecule has 0 spiro atoms. The minimum absolute atomic E-state index is 0.0479. The van der Waals surface area contributed by atoms with Gasteiger partial charge >= 0.3 is 0 Å². The summed E-state index contributed by atoms with van der Waals surface area (Å²) in [7, 11) is 3.09. The van der Waals surface area contributed by atoms with E-state index in [0.717, 1.165) is 25.9 Å². The molecule has 0 aliphatic carbocycles. The molecule has 1 aliphatic rings. The molecule has 5 nitrogen and oxygen atoms in total. The monoisotopic (exact) mass is 340 g/mol.